The smallest absolute Gasteiger partial charge is 0.247 e. The van der Waals surface area contributed by atoms with E-state index < -0.39 is 0 Å². The number of hydrogen-bond donors (Lipinski definition) is 0. The molecule has 4 rings (SSSR count). The van der Waals surface area contributed by atoms with E-state index in [4.69, 9.17) is 4.42 Å². The minimum Gasteiger partial charge on any atom is -0.418 e. The summed E-state index contributed by atoms with van der Waals surface area (Å²) in [5, 5.41) is 21.0. The SMILES string of the molecule is Cc1ccc(-c2nnn(C(C)c3nnc(-c4ccc(C)cc4)o3)n2)cc1. The zero-order chi connectivity index (χ0) is 18.1. The Kier molecular flexibility index (Phi) is 4.04. The quantitative estimate of drug-likeness (QED) is 0.561. The van der Waals surface area contributed by atoms with E-state index in [9.17, 15) is 0 Å². The molecule has 130 valence electrons. The molecule has 0 aliphatic carbocycles. The van der Waals surface area contributed by atoms with Crippen LogP contribution in [0.1, 0.15) is 30.0 Å². The monoisotopic (exact) mass is 346 g/mol. The third kappa shape index (κ3) is 3.11. The molecule has 0 bridgehead atoms. The van der Waals surface area contributed by atoms with Gasteiger partial charge in [-0.05, 0) is 38.1 Å². The highest BCUT2D eigenvalue weighted by atomic mass is 16.4. The Bertz CT molecular complexity index is 933. The third-order valence-electron chi connectivity index (χ3n) is 4.18. The summed E-state index contributed by atoms with van der Waals surface area (Å²) in [5.41, 5.74) is 4.16. The van der Waals surface area contributed by atoms with E-state index in [0.717, 1.165) is 11.1 Å². The third-order valence-corrected chi connectivity index (χ3v) is 4.18. The first-order valence-corrected chi connectivity index (χ1v) is 8.37. The Balaban J connectivity index is 1.57. The molecule has 0 radical (unpaired) electrons. The van der Waals surface area contributed by atoms with Crippen LogP contribution in [0.2, 0.25) is 0 Å². The van der Waals surface area contributed by atoms with Crippen molar-refractivity contribution < 1.29 is 4.42 Å². The maximum Gasteiger partial charge on any atom is 0.247 e. The van der Waals surface area contributed by atoms with Gasteiger partial charge in [-0.2, -0.15) is 4.80 Å². The van der Waals surface area contributed by atoms with E-state index in [1.165, 1.54) is 15.9 Å². The summed E-state index contributed by atoms with van der Waals surface area (Å²) in [7, 11) is 0. The second-order valence-electron chi connectivity index (χ2n) is 6.29. The van der Waals surface area contributed by atoms with Crippen LogP contribution >= 0.6 is 0 Å². The van der Waals surface area contributed by atoms with E-state index >= 15 is 0 Å². The minimum absolute atomic E-state index is 0.312. The number of hydrogen-bond acceptors (Lipinski definition) is 6. The van der Waals surface area contributed by atoms with Gasteiger partial charge in [-0.1, -0.05) is 47.5 Å². The topological polar surface area (TPSA) is 82.5 Å². The van der Waals surface area contributed by atoms with Crippen LogP contribution < -0.4 is 0 Å². The predicted octanol–water partition coefficient (Wildman–Crippen LogP) is 3.62. The Labute approximate surface area is 150 Å². The van der Waals surface area contributed by atoms with Crippen molar-refractivity contribution in [2.75, 3.05) is 0 Å². The van der Waals surface area contributed by atoms with Crippen LogP contribution in [0.5, 0.6) is 0 Å². The Morgan fingerprint density at radius 2 is 1.42 bits per heavy atom. The Hall–Kier alpha value is -3.35. The first-order chi connectivity index (χ1) is 12.6. The van der Waals surface area contributed by atoms with Crippen molar-refractivity contribution in [1.82, 2.24) is 30.4 Å². The van der Waals surface area contributed by atoms with E-state index in [1.807, 2.05) is 69.3 Å². The number of benzene rings is 2. The van der Waals surface area contributed by atoms with Crippen molar-refractivity contribution in [2.45, 2.75) is 26.8 Å². The molecule has 26 heavy (non-hydrogen) atoms. The van der Waals surface area contributed by atoms with E-state index in [-0.39, 0.29) is 6.04 Å². The lowest BCUT2D eigenvalue weighted by atomic mass is 10.1. The largest absolute Gasteiger partial charge is 0.418 e. The summed E-state index contributed by atoms with van der Waals surface area (Å²) < 4.78 is 5.81. The molecule has 0 N–H and O–H groups in total. The van der Waals surface area contributed by atoms with Crippen molar-refractivity contribution in [1.29, 1.82) is 0 Å². The lowest BCUT2D eigenvalue weighted by Crippen LogP contribution is -2.11. The van der Waals surface area contributed by atoms with Gasteiger partial charge in [0.2, 0.25) is 17.6 Å². The summed E-state index contributed by atoms with van der Waals surface area (Å²) in [6.07, 6.45) is 0. The average Bonchev–Trinajstić information content (AvgIpc) is 3.32. The first-order valence-electron chi connectivity index (χ1n) is 8.37. The van der Waals surface area contributed by atoms with Gasteiger partial charge in [0.25, 0.3) is 0 Å². The summed E-state index contributed by atoms with van der Waals surface area (Å²) in [6.45, 7) is 5.97. The number of nitrogens with zero attached hydrogens (tertiary/aromatic N) is 6. The highest BCUT2D eigenvalue weighted by Crippen LogP contribution is 2.23. The molecule has 1 atom stereocenters. The Morgan fingerprint density at radius 1 is 0.808 bits per heavy atom. The first kappa shape index (κ1) is 16.1. The molecule has 0 aliphatic heterocycles. The number of aromatic nitrogens is 6. The van der Waals surface area contributed by atoms with E-state index in [2.05, 4.69) is 25.6 Å². The summed E-state index contributed by atoms with van der Waals surface area (Å²) in [5.74, 6) is 1.48. The molecule has 0 saturated carbocycles. The van der Waals surface area contributed by atoms with Gasteiger partial charge in [0.15, 0.2) is 0 Å². The van der Waals surface area contributed by atoms with Gasteiger partial charge in [0.05, 0.1) is 0 Å². The number of aryl methyl sites for hydroxylation is 2. The molecule has 0 amide bonds. The molecule has 2 aromatic carbocycles. The molecular weight excluding hydrogens is 328 g/mol. The van der Waals surface area contributed by atoms with Crippen LogP contribution in [-0.4, -0.2) is 30.4 Å². The lowest BCUT2D eigenvalue weighted by Gasteiger charge is -2.03. The van der Waals surface area contributed by atoms with Gasteiger partial charge in [0.1, 0.15) is 6.04 Å². The fraction of sp³-hybridized carbons (Fsp3) is 0.211. The lowest BCUT2D eigenvalue weighted by molar-refractivity contribution is 0.382. The van der Waals surface area contributed by atoms with Crippen molar-refractivity contribution >= 4 is 0 Å². The van der Waals surface area contributed by atoms with Crippen molar-refractivity contribution in [2.24, 2.45) is 0 Å². The summed E-state index contributed by atoms with van der Waals surface area (Å²) in [4.78, 5) is 1.49. The van der Waals surface area contributed by atoms with Gasteiger partial charge >= 0.3 is 0 Å². The molecule has 2 heterocycles. The fourth-order valence-corrected chi connectivity index (χ4v) is 2.52. The van der Waals surface area contributed by atoms with E-state index in [0.29, 0.717) is 17.6 Å². The molecule has 1 unspecified atom stereocenters. The molecule has 4 aromatic rings. The normalized spacial score (nSPS) is 12.3. The zero-order valence-corrected chi connectivity index (χ0v) is 14.8. The van der Waals surface area contributed by atoms with Crippen LogP contribution in [0.4, 0.5) is 0 Å². The van der Waals surface area contributed by atoms with Gasteiger partial charge in [-0.3, -0.25) is 0 Å². The molecule has 7 nitrogen and oxygen atoms in total. The molecule has 0 spiro atoms. The molecule has 0 saturated heterocycles. The van der Waals surface area contributed by atoms with Gasteiger partial charge in [-0.25, -0.2) is 0 Å². The van der Waals surface area contributed by atoms with Crippen LogP contribution in [0.25, 0.3) is 22.8 Å². The summed E-state index contributed by atoms with van der Waals surface area (Å²) in [6, 6.07) is 15.6. The number of rotatable bonds is 4. The predicted molar refractivity (Wildman–Crippen MR) is 96.3 cm³/mol. The molecule has 7 heteroatoms. The maximum atomic E-state index is 5.81. The summed E-state index contributed by atoms with van der Waals surface area (Å²) >= 11 is 0. The second-order valence-corrected chi connectivity index (χ2v) is 6.29. The fourth-order valence-electron chi connectivity index (χ4n) is 2.52. The van der Waals surface area contributed by atoms with Gasteiger partial charge < -0.3 is 4.42 Å². The standard InChI is InChI=1S/C19H18N6O/c1-12-4-8-15(9-5-12)17-20-24-25(23-17)14(3)18-21-22-19(26-18)16-10-6-13(2)7-11-16/h4-11,14H,1-3H3. The number of tetrazole rings is 1. The molecule has 0 aliphatic rings. The minimum atomic E-state index is -0.312. The average molecular weight is 346 g/mol. The van der Waals surface area contributed by atoms with Gasteiger partial charge in [0, 0.05) is 11.1 Å². The van der Waals surface area contributed by atoms with Crippen LogP contribution in [-0.2, 0) is 0 Å². The van der Waals surface area contributed by atoms with Gasteiger partial charge in [-0.15, -0.1) is 20.4 Å². The molecule has 2 aromatic heterocycles. The molecule has 0 fully saturated rings. The maximum absolute atomic E-state index is 5.81. The zero-order valence-electron chi connectivity index (χ0n) is 14.8. The van der Waals surface area contributed by atoms with Crippen LogP contribution in [0.15, 0.2) is 52.9 Å². The highest BCUT2D eigenvalue weighted by Gasteiger charge is 2.20. The van der Waals surface area contributed by atoms with Crippen LogP contribution in [0.3, 0.4) is 0 Å². The second kappa shape index (κ2) is 6.51. The van der Waals surface area contributed by atoms with Crippen LogP contribution in [0, 0.1) is 13.8 Å². The van der Waals surface area contributed by atoms with Crippen molar-refractivity contribution in [3.8, 4) is 22.8 Å². The van der Waals surface area contributed by atoms with E-state index in [1.54, 1.807) is 0 Å². The van der Waals surface area contributed by atoms with Crippen molar-refractivity contribution in [3.05, 3.63) is 65.5 Å². The Morgan fingerprint density at radius 3 is 2.08 bits per heavy atom. The molecular formula is C19H18N6O. The highest BCUT2D eigenvalue weighted by molar-refractivity contribution is 5.54. The van der Waals surface area contributed by atoms with Crippen molar-refractivity contribution in [3.63, 3.8) is 0 Å².